The van der Waals surface area contributed by atoms with Crippen molar-refractivity contribution < 1.29 is 14.7 Å². The van der Waals surface area contributed by atoms with Crippen LogP contribution in [-0.2, 0) is 11.2 Å². The lowest BCUT2D eigenvalue weighted by Crippen LogP contribution is -2.39. The highest BCUT2D eigenvalue weighted by Gasteiger charge is 2.25. The van der Waals surface area contributed by atoms with E-state index in [4.69, 9.17) is 0 Å². The Kier molecular flexibility index (Phi) is 5.40. The van der Waals surface area contributed by atoms with E-state index in [-0.39, 0.29) is 11.8 Å². The summed E-state index contributed by atoms with van der Waals surface area (Å²) in [6.07, 6.45) is 3.01. The molecule has 0 radical (unpaired) electrons. The zero-order chi connectivity index (χ0) is 18.7. The number of rotatable bonds is 5. The van der Waals surface area contributed by atoms with Gasteiger partial charge in [-0.2, -0.15) is 5.10 Å². The minimum atomic E-state index is -0.916. The van der Waals surface area contributed by atoms with Crippen LogP contribution in [0.2, 0.25) is 0 Å². The van der Waals surface area contributed by atoms with E-state index in [9.17, 15) is 14.7 Å². The standard InChI is InChI=1S/C20H25N3O3/c1-13-14(2)21-22-18(13)8-9-19(24)23-10-4-7-17(12-23)15-5-3-6-16(11-15)20(25)26/h3,5-6,11,17H,4,7-10,12H2,1-2H3,(H,21,22)(H,25,26)/t17-/m0/s1. The Bertz CT molecular complexity index is 812. The lowest BCUT2D eigenvalue weighted by atomic mass is 9.89. The molecule has 26 heavy (non-hydrogen) atoms. The number of H-pyrrole nitrogens is 1. The highest BCUT2D eigenvalue weighted by atomic mass is 16.4. The maximum Gasteiger partial charge on any atom is 0.335 e. The molecule has 0 spiro atoms. The fourth-order valence-corrected chi connectivity index (χ4v) is 3.56. The van der Waals surface area contributed by atoms with Crippen LogP contribution in [0.4, 0.5) is 0 Å². The number of hydrogen-bond donors (Lipinski definition) is 2. The molecule has 0 saturated carbocycles. The van der Waals surface area contributed by atoms with Gasteiger partial charge in [-0.05, 0) is 49.9 Å². The molecule has 2 heterocycles. The number of carboxylic acid groups (broad SMARTS) is 1. The first-order valence-electron chi connectivity index (χ1n) is 9.07. The Morgan fingerprint density at radius 2 is 2.15 bits per heavy atom. The Balaban J connectivity index is 1.62. The van der Waals surface area contributed by atoms with Gasteiger partial charge in [0.2, 0.25) is 5.91 Å². The van der Waals surface area contributed by atoms with E-state index in [1.54, 1.807) is 18.2 Å². The summed E-state index contributed by atoms with van der Waals surface area (Å²) in [7, 11) is 0. The van der Waals surface area contributed by atoms with Crippen molar-refractivity contribution in [2.75, 3.05) is 13.1 Å². The van der Waals surface area contributed by atoms with E-state index in [2.05, 4.69) is 10.2 Å². The van der Waals surface area contributed by atoms with Crippen molar-refractivity contribution in [2.24, 2.45) is 0 Å². The van der Waals surface area contributed by atoms with Gasteiger partial charge < -0.3 is 10.0 Å². The normalized spacial score (nSPS) is 17.3. The lowest BCUT2D eigenvalue weighted by Gasteiger charge is -2.33. The second-order valence-corrected chi connectivity index (χ2v) is 7.03. The maximum atomic E-state index is 12.6. The average molecular weight is 355 g/mol. The Morgan fingerprint density at radius 1 is 1.35 bits per heavy atom. The molecule has 138 valence electrons. The monoisotopic (exact) mass is 355 g/mol. The van der Waals surface area contributed by atoms with Crippen molar-refractivity contribution in [3.63, 3.8) is 0 Å². The molecule has 1 amide bonds. The number of carbonyl (C=O) groups excluding carboxylic acids is 1. The van der Waals surface area contributed by atoms with Crippen molar-refractivity contribution in [1.82, 2.24) is 15.1 Å². The van der Waals surface area contributed by atoms with E-state index in [0.717, 1.165) is 41.9 Å². The van der Waals surface area contributed by atoms with Crippen molar-refractivity contribution in [3.8, 4) is 0 Å². The van der Waals surface area contributed by atoms with Crippen molar-refractivity contribution >= 4 is 11.9 Å². The number of aromatic nitrogens is 2. The first-order chi connectivity index (χ1) is 12.5. The third kappa shape index (κ3) is 3.95. The summed E-state index contributed by atoms with van der Waals surface area (Å²) in [5, 5.41) is 16.4. The maximum absolute atomic E-state index is 12.6. The number of nitrogens with zero attached hydrogens (tertiary/aromatic N) is 2. The molecular formula is C20H25N3O3. The number of nitrogens with one attached hydrogen (secondary N) is 1. The fraction of sp³-hybridized carbons (Fsp3) is 0.450. The molecule has 1 aromatic carbocycles. The summed E-state index contributed by atoms with van der Waals surface area (Å²) < 4.78 is 0. The molecule has 6 heteroatoms. The molecule has 1 fully saturated rings. The fourth-order valence-electron chi connectivity index (χ4n) is 3.56. The van der Waals surface area contributed by atoms with Crippen LogP contribution >= 0.6 is 0 Å². The van der Waals surface area contributed by atoms with Gasteiger partial charge in [0, 0.05) is 37.5 Å². The van der Waals surface area contributed by atoms with Crippen LogP contribution in [-0.4, -0.2) is 45.2 Å². The highest BCUT2D eigenvalue weighted by Crippen LogP contribution is 2.28. The quantitative estimate of drug-likeness (QED) is 0.863. The van der Waals surface area contributed by atoms with Crippen LogP contribution < -0.4 is 0 Å². The van der Waals surface area contributed by atoms with Gasteiger partial charge in [-0.1, -0.05) is 12.1 Å². The van der Waals surface area contributed by atoms with Crippen LogP contribution in [0.3, 0.4) is 0 Å². The zero-order valence-electron chi connectivity index (χ0n) is 15.3. The minimum absolute atomic E-state index is 0.143. The predicted octanol–water partition coefficient (Wildman–Crippen LogP) is 3.06. The van der Waals surface area contributed by atoms with E-state index < -0.39 is 5.97 Å². The van der Waals surface area contributed by atoms with Gasteiger partial charge in [0.25, 0.3) is 0 Å². The number of aromatic amines is 1. The molecule has 1 atom stereocenters. The van der Waals surface area contributed by atoms with Crippen LogP contribution in [0, 0.1) is 13.8 Å². The van der Waals surface area contributed by atoms with Crippen LogP contribution in [0.5, 0.6) is 0 Å². The van der Waals surface area contributed by atoms with Gasteiger partial charge in [-0.3, -0.25) is 9.89 Å². The number of amides is 1. The zero-order valence-corrected chi connectivity index (χ0v) is 15.3. The number of carboxylic acids is 1. The molecule has 1 saturated heterocycles. The first-order valence-corrected chi connectivity index (χ1v) is 9.07. The lowest BCUT2D eigenvalue weighted by molar-refractivity contribution is -0.132. The molecule has 6 nitrogen and oxygen atoms in total. The van der Waals surface area contributed by atoms with E-state index in [1.807, 2.05) is 24.8 Å². The number of aryl methyl sites for hydroxylation is 2. The van der Waals surface area contributed by atoms with E-state index >= 15 is 0 Å². The van der Waals surface area contributed by atoms with E-state index in [1.165, 1.54) is 0 Å². The molecule has 1 aliphatic heterocycles. The second kappa shape index (κ2) is 7.72. The molecule has 0 unspecified atom stereocenters. The molecule has 1 aromatic heterocycles. The third-order valence-electron chi connectivity index (χ3n) is 5.31. The number of hydrogen-bond acceptors (Lipinski definition) is 3. The summed E-state index contributed by atoms with van der Waals surface area (Å²) in [6.45, 7) is 5.42. The first kappa shape index (κ1) is 18.2. The molecule has 0 aliphatic carbocycles. The molecule has 0 bridgehead atoms. The number of piperidine rings is 1. The van der Waals surface area contributed by atoms with Gasteiger partial charge >= 0.3 is 5.97 Å². The van der Waals surface area contributed by atoms with Crippen molar-refractivity contribution in [1.29, 1.82) is 0 Å². The SMILES string of the molecule is Cc1[nH]nc(CCC(=O)N2CCC[C@H](c3cccc(C(=O)O)c3)C2)c1C. The minimum Gasteiger partial charge on any atom is -0.478 e. The summed E-state index contributed by atoms with van der Waals surface area (Å²) in [6, 6.07) is 7.08. The summed E-state index contributed by atoms with van der Waals surface area (Å²) >= 11 is 0. The number of likely N-dealkylation sites (tertiary alicyclic amines) is 1. The smallest absolute Gasteiger partial charge is 0.335 e. The number of aromatic carboxylic acids is 1. The average Bonchev–Trinajstić information content (AvgIpc) is 2.98. The van der Waals surface area contributed by atoms with Gasteiger partial charge in [0.05, 0.1) is 11.3 Å². The van der Waals surface area contributed by atoms with Gasteiger partial charge in [-0.25, -0.2) is 4.79 Å². The largest absolute Gasteiger partial charge is 0.478 e. The summed E-state index contributed by atoms with van der Waals surface area (Å²) in [5.74, 6) is -0.578. The highest BCUT2D eigenvalue weighted by molar-refractivity contribution is 5.87. The van der Waals surface area contributed by atoms with Gasteiger partial charge in [0.15, 0.2) is 0 Å². The summed E-state index contributed by atoms with van der Waals surface area (Å²) in [4.78, 5) is 25.7. The van der Waals surface area contributed by atoms with Crippen LogP contribution in [0.15, 0.2) is 24.3 Å². The van der Waals surface area contributed by atoms with Gasteiger partial charge in [-0.15, -0.1) is 0 Å². The molecule has 2 N–H and O–H groups in total. The Labute approximate surface area is 153 Å². The number of carbonyl (C=O) groups is 2. The molecule has 2 aromatic rings. The molecule has 1 aliphatic rings. The second-order valence-electron chi connectivity index (χ2n) is 7.03. The predicted molar refractivity (Wildman–Crippen MR) is 98.3 cm³/mol. The van der Waals surface area contributed by atoms with Crippen LogP contribution in [0.25, 0.3) is 0 Å². The third-order valence-corrected chi connectivity index (χ3v) is 5.31. The molecular weight excluding hydrogens is 330 g/mol. The van der Waals surface area contributed by atoms with Crippen molar-refractivity contribution in [2.45, 2.75) is 45.4 Å². The number of benzene rings is 1. The Morgan fingerprint density at radius 3 is 2.85 bits per heavy atom. The molecule has 3 rings (SSSR count). The van der Waals surface area contributed by atoms with Crippen LogP contribution in [0.1, 0.15) is 58.1 Å². The van der Waals surface area contributed by atoms with E-state index in [0.29, 0.717) is 24.9 Å². The van der Waals surface area contributed by atoms with Crippen molar-refractivity contribution in [3.05, 3.63) is 52.3 Å². The topological polar surface area (TPSA) is 86.3 Å². The summed E-state index contributed by atoms with van der Waals surface area (Å²) in [5.41, 5.74) is 4.43. The Hall–Kier alpha value is -2.63. The van der Waals surface area contributed by atoms with Gasteiger partial charge in [0.1, 0.15) is 0 Å².